The Balaban J connectivity index is 1.94. The van der Waals surface area contributed by atoms with Gasteiger partial charge in [0.2, 0.25) is 11.8 Å². The lowest BCUT2D eigenvalue weighted by Crippen LogP contribution is -2.37. The lowest BCUT2D eigenvalue weighted by molar-refractivity contribution is -0.134. The highest BCUT2D eigenvalue weighted by Gasteiger charge is 2.34. The molecule has 0 aliphatic carbocycles. The summed E-state index contributed by atoms with van der Waals surface area (Å²) in [6, 6.07) is 4.21. The highest BCUT2D eigenvalue weighted by atomic mass is 19.1. The molecule has 2 amide bonds. The molecule has 0 unspecified atom stereocenters. The Labute approximate surface area is 110 Å². The number of hydrogen-bond acceptors (Lipinski definition) is 2. The summed E-state index contributed by atoms with van der Waals surface area (Å²) in [4.78, 5) is 25.9. The molecule has 100 valence electrons. The smallest absolute Gasteiger partial charge is 0.230 e. The van der Waals surface area contributed by atoms with Gasteiger partial charge in [0.25, 0.3) is 0 Å². The SMILES string of the molecule is O=C1C[C@@H](C(=O)N2CCCC2)c2ccc(F)cc2N1. The van der Waals surface area contributed by atoms with E-state index < -0.39 is 11.7 Å². The van der Waals surface area contributed by atoms with Crippen LogP contribution in [0.5, 0.6) is 0 Å². The Morgan fingerprint density at radius 3 is 2.79 bits per heavy atom. The fourth-order valence-electron chi connectivity index (χ4n) is 2.82. The molecule has 2 aliphatic heterocycles. The van der Waals surface area contributed by atoms with Gasteiger partial charge in [0, 0.05) is 25.2 Å². The van der Waals surface area contributed by atoms with Crippen molar-refractivity contribution in [2.45, 2.75) is 25.2 Å². The van der Waals surface area contributed by atoms with Gasteiger partial charge in [-0.1, -0.05) is 6.07 Å². The van der Waals surface area contributed by atoms with E-state index in [2.05, 4.69) is 5.32 Å². The molecule has 3 rings (SSSR count). The second-order valence-electron chi connectivity index (χ2n) is 5.07. The molecule has 2 aliphatic rings. The van der Waals surface area contributed by atoms with E-state index in [0.29, 0.717) is 5.69 Å². The first-order chi connectivity index (χ1) is 9.15. The molecule has 5 heteroatoms. The molecular formula is C14H15FN2O2. The summed E-state index contributed by atoms with van der Waals surface area (Å²) in [5, 5.41) is 2.63. The average molecular weight is 262 g/mol. The molecule has 0 saturated carbocycles. The summed E-state index contributed by atoms with van der Waals surface area (Å²) in [5.41, 5.74) is 1.15. The Hall–Kier alpha value is -1.91. The second-order valence-corrected chi connectivity index (χ2v) is 5.07. The zero-order valence-corrected chi connectivity index (χ0v) is 10.5. The molecule has 19 heavy (non-hydrogen) atoms. The number of nitrogens with zero attached hydrogens (tertiary/aromatic N) is 1. The first-order valence-electron chi connectivity index (χ1n) is 6.53. The predicted molar refractivity (Wildman–Crippen MR) is 68.2 cm³/mol. The van der Waals surface area contributed by atoms with Gasteiger partial charge in [0.05, 0.1) is 5.92 Å². The Kier molecular flexibility index (Phi) is 2.97. The maximum atomic E-state index is 13.2. The van der Waals surface area contributed by atoms with E-state index in [1.807, 2.05) is 0 Å². The van der Waals surface area contributed by atoms with Gasteiger partial charge >= 0.3 is 0 Å². The van der Waals surface area contributed by atoms with Crippen LogP contribution in [-0.4, -0.2) is 29.8 Å². The van der Waals surface area contributed by atoms with Gasteiger partial charge < -0.3 is 10.2 Å². The number of fused-ring (bicyclic) bond motifs is 1. The molecular weight excluding hydrogens is 247 g/mol. The molecule has 1 aromatic rings. The number of amides is 2. The number of anilines is 1. The summed E-state index contributed by atoms with van der Waals surface area (Å²) < 4.78 is 13.2. The highest BCUT2D eigenvalue weighted by molar-refractivity contribution is 6.01. The summed E-state index contributed by atoms with van der Waals surface area (Å²) in [7, 11) is 0. The molecule has 1 aromatic carbocycles. The minimum Gasteiger partial charge on any atom is -0.342 e. The molecule has 1 fully saturated rings. The van der Waals surface area contributed by atoms with Crippen LogP contribution in [0.3, 0.4) is 0 Å². The number of carbonyl (C=O) groups excluding carboxylic acids is 2. The van der Waals surface area contributed by atoms with Crippen molar-refractivity contribution in [3.63, 3.8) is 0 Å². The van der Waals surface area contributed by atoms with E-state index in [1.165, 1.54) is 12.1 Å². The second kappa shape index (κ2) is 4.64. The maximum Gasteiger partial charge on any atom is 0.230 e. The van der Waals surface area contributed by atoms with Crippen molar-refractivity contribution in [1.29, 1.82) is 0 Å². The summed E-state index contributed by atoms with van der Waals surface area (Å²) in [6.45, 7) is 1.51. The highest BCUT2D eigenvalue weighted by Crippen LogP contribution is 2.34. The number of carbonyl (C=O) groups is 2. The van der Waals surface area contributed by atoms with E-state index in [9.17, 15) is 14.0 Å². The number of hydrogen-bond donors (Lipinski definition) is 1. The average Bonchev–Trinajstić information content (AvgIpc) is 2.90. The van der Waals surface area contributed by atoms with Crippen molar-refractivity contribution >= 4 is 17.5 Å². The largest absolute Gasteiger partial charge is 0.342 e. The van der Waals surface area contributed by atoms with Crippen LogP contribution in [0.4, 0.5) is 10.1 Å². The standard InChI is InChI=1S/C14H15FN2O2/c15-9-3-4-10-11(8-13(18)16-12(10)7-9)14(19)17-5-1-2-6-17/h3-4,7,11H,1-2,5-6,8H2,(H,16,18)/t11-/m1/s1. The predicted octanol–water partition coefficient (Wildman–Crippen LogP) is 1.87. The molecule has 0 aromatic heterocycles. The van der Waals surface area contributed by atoms with Crippen LogP contribution in [0.1, 0.15) is 30.7 Å². The van der Waals surface area contributed by atoms with E-state index in [4.69, 9.17) is 0 Å². The fourth-order valence-corrected chi connectivity index (χ4v) is 2.82. The lowest BCUT2D eigenvalue weighted by atomic mass is 9.89. The summed E-state index contributed by atoms with van der Waals surface area (Å²) >= 11 is 0. The molecule has 2 heterocycles. The Bertz CT molecular complexity index is 538. The van der Waals surface area contributed by atoms with E-state index in [-0.39, 0.29) is 18.2 Å². The van der Waals surface area contributed by atoms with Crippen LogP contribution >= 0.6 is 0 Å². The van der Waals surface area contributed by atoms with Crippen molar-refractivity contribution in [3.05, 3.63) is 29.6 Å². The molecule has 1 saturated heterocycles. The maximum absolute atomic E-state index is 13.2. The van der Waals surface area contributed by atoms with Crippen molar-refractivity contribution in [2.75, 3.05) is 18.4 Å². The number of rotatable bonds is 1. The molecule has 1 atom stereocenters. The van der Waals surface area contributed by atoms with Crippen LogP contribution in [0.15, 0.2) is 18.2 Å². The fraction of sp³-hybridized carbons (Fsp3) is 0.429. The topological polar surface area (TPSA) is 49.4 Å². The first kappa shape index (κ1) is 12.1. The van der Waals surface area contributed by atoms with Crippen LogP contribution < -0.4 is 5.32 Å². The molecule has 0 radical (unpaired) electrons. The van der Waals surface area contributed by atoms with Gasteiger partial charge in [-0.15, -0.1) is 0 Å². The number of halogens is 1. The molecule has 0 spiro atoms. The number of likely N-dealkylation sites (tertiary alicyclic amines) is 1. The summed E-state index contributed by atoms with van der Waals surface area (Å²) in [5.74, 6) is -1.12. The zero-order chi connectivity index (χ0) is 13.4. The minimum atomic E-state index is -0.470. The number of nitrogens with one attached hydrogen (secondary N) is 1. The van der Waals surface area contributed by atoms with Crippen LogP contribution in [0, 0.1) is 5.82 Å². The Morgan fingerprint density at radius 2 is 2.05 bits per heavy atom. The lowest BCUT2D eigenvalue weighted by Gasteiger charge is -2.28. The molecule has 0 bridgehead atoms. The van der Waals surface area contributed by atoms with Crippen molar-refractivity contribution in [3.8, 4) is 0 Å². The summed E-state index contributed by atoms with van der Waals surface area (Å²) in [6.07, 6.45) is 2.18. The number of benzene rings is 1. The van der Waals surface area contributed by atoms with E-state index in [0.717, 1.165) is 31.5 Å². The third kappa shape index (κ3) is 2.20. The first-order valence-corrected chi connectivity index (χ1v) is 6.53. The zero-order valence-electron chi connectivity index (χ0n) is 10.5. The van der Waals surface area contributed by atoms with Crippen molar-refractivity contribution < 1.29 is 14.0 Å². The van der Waals surface area contributed by atoms with E-state index >= 15 is 0 Å². The van der Waals surface area contributed by atoms with Gasteiger partial charge in [-0.05, 0) is 30.5 Å². The van der Waals surface area contributed by atoms with Gasteiger partial charge in [-0.25, -0.2) is 4.39 Å². The minimum absolute atomic E-state index is 0.0137. The normalized spacial score (nSPS) is 22.1. The molecule has 1 N–H and O–H groups in total. The van der Waals surface area contributed by atoms with Crippen LogP contribution in [0.2, 0.25) is 0 Å². The molecule has 4 nitrogen and oxygen atoms in total. The van der Waals surface area contributed by atoms with Crippen molar-refractivity contribution in [2.24, 2.45) is 0 Å². The monoisotopic (exact) mass is 262 g/mol. The van der Waals surface area contributed by atoms with E-state index in [1.54, 1.807) is 11.0 Å². The van der Waals surface area contributed by atoms with Crippen LogP contribution in [-0.2, 0) is 9.59 Å². The van der Waals surface area contributed by atoms with Crippen LogP contribution in [0.25, 0.3) is 0 Å². The van der Waals surface area contributed by atoms with Crippen molar-refractivity contribution in [1.82, 2.24) is 4.90 Å². The van der Waals surface area contributed by atoms with Gasteiger partial charge in [-0.3, -0.25) is 9.59 Å². The third-order valence-electron chi connectivity index (χ3n) is 3.77. The Morgan fingerprint density at radius 1 is 1.32 bits per heavy atom. The third-order valence-corrected chi connectivity index (χ3v) is 3.77. The van der Waals surface area contributed by atoms with Gasteiger partial charge in [0.1, 0.15) is 5.82 Å². The van der Waals surface area contributed by atoms with Gasteiger partial charge in [0.15, 0.2) is 0 Å². The quantitative estimate of drug-likeness (QED) is 0.840. The van der Waals surface area contributed by atoms with Gasteiger partial charge in [-0.2, -0.15) is 0 Å².